The van der Waals surface area contributed by atoms with Crippen molar-refractivity contribution in [3.8, 4) is 5.75 Å². The van der Waals surface area contributed by atoms with Gasteiger partial charge >= 0.3 is 0 Å². The Morgan fingerprint density at radius 1 is 1.40 bits per heavy atom. The molecule has 1 amide bonds. The van der Waals surface area contributed by atoms with Crippen molar-refractivity contribution in [2.75, 3.05) is 0 Å². The Labute approximate surface area is 120 Å². The first-order valence-corrected chi connectivity index (χ1v) is 7.38. The Hall–Kier alpha value is -1.55. The summed E-state index contributed by atoms with van der Waals surface area (Å²) in [6, 6.07) is 8.15. The molecule has 0 heterocycles. The fourth-order valence-corrected chi connectivity index (χ4v) is 2.80. The van der Waals surface area contributed by atoms with Crippen LogP contribution in [0, 0.1) is 0 Å². The Morgan fingerprint density at radius 2 is 2.10 bits per heavy atom. The van der Waals surface area contributed by atoms with E-state index in [0.717, 1.165) is 31.4 Å². The number of hydrogen-bond acceptors (Lipinski definition) is 3. The quantitative estimate of drug-likeness (QED) is 0.865. The summed E-state index contributed by atoms with van der Waals surface area (Å²) in [7, 11) is 0. The first kappa shape index (κ1) is 14.9. The normalized spacial score (nSPS) is 26.2. The first-order chi connectivity index (χ1) is 9.53. The predicted molar refractivity (Wildman–Crippen MR) is 79.4 cm³/mol. The molecule has 1 aliphatic carbocycles. The van der Waals surface area contributed by atoms with E-state index in [1.807, 2.05) is 12.1 Å². The van der Waals surface area contributed by atoms with Crippen LogP contribution < -0.4 is 16.2 Å². The monoisotopic (exact) mass is 276 g/mol. The predicted octanol–water partition coefficient (Wildman–Crippen LogP) is 2.14. The number of benzene rings is 1. The third-order valence-corrected chi connectivity index (χ3v) is 4.00. The van der Waals surface area contributed by atoms with Gasteiger partial charge in [0.15, 0.2) is 0 Å². The van der Waals surface area contributed by atoms with Gasteiger partial charge in [-0.25, -0.2) is 0 Å². The molecule has 1 saturated carbocycles. The van der Waals surface area contributed by atoms with E-state index in [9.17, 15) is 4.79 Å². The number of carbonyl (C=O) groups is 1. The lowest BCUT2D eigenvalue weighted by atomic mass is 9.80. The number of nitrogens with two attached hydrogens (primary N) is 2. The van der Waals surface area contributed by atoms with Gasteiger partial charge < -0.3 is 16.2 Å². The van der Waals surface area contributed by atoms with E-state index in [4.69, 9.17) is 16.2 Å². The van der Waals surface area contributed by atoms with Gasteiger partial charge in [0.25, 0.3) is 0 Å². The average Bonchev–Trinajstić information content (AvgIpc) is 2.41. The molecule has 1 aromatic rings. The molecule has 20 heavy (non-hydrogen) atoms. The first-order valence-electron chi connectivity index (χ1n) is 7.38. The minimum absolute atomic E-state index is 0.0294. The van der Waals surface area contributed by atoms with Crippen molar-refractivity contribution in [3.63, 3.8) is 0 Å². The van der Waals surface area contributed by atoms with Crippen LogP contribution in [0.5, 0.6) is 5.75 Å². The van der Waals surface area contributed by atoms with Gasteiger partial charge in [-0.15, -0.1) is 0 Å². The molecule has 2 unspecified atom stereocenters. The Balaban J connectivity index is 1.97. The summed E-state index contributed by atoms with van der Waals surface area (Å²) < 4.78 is 5.95. The van der Waals surface area contributed by atoms with Gasteiger partial charge in [0, 0.05) is 6.42 Å². The van der Waals surface area contributed by atoms with Crippen LogP contribution in [0.1, 0.15) is 44.6 Å². The third kappa shape index (κ3) is 3.51. The Morgan fingerprint density at radius 3 is 2.70 bits per heavy atom. The summed E-state index contributed by atoms with van der Waals surface area (Å²) in [6.07, 6.45) is 5.13. The molecule has 2 rings (SSSR count). The van der Waals surface area contributed by atoms with Crippen molar-refractivity contribution in [2.24, 2.45) is 11.5 Å². The topological polar surface area (TPSA) is 78.3 Å². The fourth-order valence-electron chi connectivity index (χ4n) is 2.80. The third-order valence-electron chi connectivity index (χ3n) is 4.00. The van der Waals surface area contributed by atoms with Gasteiger partial charge in [0.1, 0.15) is 11.9 Å². The van der Waals surface area contributed by atoms with Gasteiger partial charge in [0.05, 0.1) is 5.54 Å². The zero-order chi connectivity index (χ0) is 14.6. The number of rotatable bonds is 5. The van der Waals surface area contributed by atoms with Crippen LogP contribution in [0.15, 0.2) is 24.3 Å². The van der Waals surface area contributed by atoms with Crippen LogP contribution in [0.25, 0.3) is 0 Å². The van der Waals surface area contributed by atoms with Crippen LogP contribution in [0.3, 0.4) is 0 Å². The van der Waals surface area contributed by atoms with Gasteiger partial charge in [-0.1, -0.05) is 25.5 Å². The van der Waals surface area contributed by atoms with Gasteiger partial charge in [-0.3, -0.25) is 4.79 Å². The number of primary amides is 1. The number of hydrogen-bond donors (Lipinski definition) is 2. The molecular weight excluding hydrogens is 252 g/mol. The average molecular weight is 276 g/mol. The lowest BCUT2D eigenvalue weighted by Crippen LogP contribution is -2.56. The second kappa shape index (κ2) is 6.27. The number of amides is 1. The van der Waals surface area contributed by atoms with Crippen molar-refractivity contribution in [3.05, 3.63) is 29.8 Å². The highest BCUT2D eigenvalue weighted by molar-refractivity contribution is 5.84. The zero-order valence-electron chi connectivity index (χ0n) is 12.1. The van der Waals surface area contributed by atoms with Crippen LogP contribution in [-0.2, 0) is 11.2 Å². The summed E-state index contributed by atoms with van der Waals surface area (Å²) >= 11 is 0. The molecule has 1 fully saturated rings. The summed E-state index contributed by atoms with van der Waals surface area (Å²) in [5, 5.41) is 0. The largest absolute Gasteiger partial charge is 0.490 e. The standard InChI is InChI=1S/C16H24N2O2/c1-2-4-12-6-8-13(9-7-12)20-14-5-3-10-16(18,11-14)15(17)19/h6-9,14H,2-5,10-11,18H2,1H3,(H2,17,19). The van der Waals surface area contributed by atoms with E-state index in [1.54, 1.807) is 0 Å². The molecule has 2 atom stereocenters. The molecule has 0 aliphatic heterocycles. The van der Waals surface area contributed by atoms with E-state index in [1.165, 1.54) is 5.56 Å². The SMILES string of the molecule is CCCc1ccc(OC2CCCC(N)(C(N)=O)C2)cc1. The molecule has 0 aromatic heterocycles. The van der Waals surface area contributed by atoms with E-state index in [-0.39, 0.29) is 6.10 Å². The number of ether oxygens (including phenoxy) is 1. The summed E-state index contributed by atoms with van der Waals surface area (Å²) in [6.45, 7) is 2.16. The van der Waals surface area contributed by atoms with E-state index in [0.29, 0.717) is 12.8 Å². The molecule has 1 aromatic carbocycles. The van der Waals surface area contributed by atoms with Gasteiger partial charge in [-0.05, 0) is 43.4 Å². The zero-order valence-corrected chi connectivity index (χ0v) is 12.1. The number of carbonyl (C=O) groups excluding carboxylic acids is 1. The summed E-state index contributed by atoms with van der Waals surface area (Å²) in [5.41, 5.74) is 11.8. The van der Waals surface area contributed by atoms with Crippen molar-refractivity contribution in [1.29, 1.82) is 0 Å². The fraction of sp³-hybridized carbons (Fsp3) is 0.562. The molecule has 4 heteroatoms. The van der Waals surface area contributed by atoms with Crippen molar-refractivity contribution in [2.45, 2.75) is 57.1 Å². The van der Waals surface area contributed by atoms with E-state index in [2.05, 4.69) is 19.1 Å². The smallest absolute Gasteiger partial charge is 0.237 e. The molecule has 4 N–H and O–H groups in total. The molecule has 0 spiro atoms. The maximum atomic E-state index is 11.4. The molecule has 4 nitrogen and oxygen atoms in total. The van der Waals surface area contributed by atoms with Crippen LogP contribution in [0.2, 0.25) is 0 Å². The molecule has 0 saturated heterocycles. The lowest BCUT2D eigenvalue weighted by Gasteiger charge is -2.35. The highest BCUT2D eigenvalue weighted by Gasteiger charge is 2.38. The van der Waals surface area contributed by atoms with E-state index < -0.39 is 11.4 Å². The second-order valence-corrected chi connectivity index (χ2v) is 5.75. The van der Waals surface area contributed by atoms with Crippen LogP contribution >= 0.6 is 0 Å². The highest BCUT2D eigenvalue weighted by atomic mass is 16.5. The highest BCUT2D eigenvalue weighted by Crippen LogP contribution is 2.29. The van der Waals surface area contributed by atoms with Crippen LogP contribution in [-0.4, -0.2) is 17.6 Å². The van der Waals surface area contributed by atoms with Crippen molar-refractivity contribution >= 4 is 5.91 Å². The summed E-state index contributed by atoms with van der Waals surface area (Å²) in [4.78, 5) is 11.4. The maximum absolute atomic E-state index is 11.4. The van der Waals surface area contributed by atoms with Crippen molar-refractivity contribution < 1.29 is 9.53 Å². The van der Waals surface area contributed by atoms with Gasteiger partial charge in [-0.2, -0.15) is 0 Å². The van der Waals surface area contributed by atoms with E-state index >= 15 is 0 Å². The second-order valence-electron chi connectivity index (χ2n) is 5.75. The number of aryl methyl sites for hydroxylation is 1. The Kier molecular flexibility index (Phi) is 4.65. The molecular formula is C16H24N2O2. The van der Waals surface area contributed by atoms with Crippen molar-refractivity contribution in [1.82, 2.24) is 0 Å². The van der Waals surface area contributed by atoms with Gasteiger partial charge in [0.2, 0.25) is 5.91 Å². The molecule has 110 valence electrons. The Bertz CT molecular complexity index is 458. The lowest BCUT2D eigenvalue weighted by molar-refractivity contribution is -0.125. The minimum Gasteiger partial charge on any atom is -0.490 e. The minimum atomic E-state index is -0.912. The summed E-state index contributed by atoms with van der Waals surface area (Å²) in [5.74, 6) is 0.410. The van der Waals surface area contributed by atoms with Crippen LogP contribution in [0.4, 0.5) is 0 Å². The molecule has 1 aliphatic rings. The molecule has 0 bridgehead atoms. The molecule has 0 radical (unpaired) electrons. The maximum Gasteiger partial charge on any atom is 0.237 e.